The third-order valence-corrected chi connectivity index (χ3v) is 4.06. The molecule has 1 N–H and O–H groups in total. The van der Waals surface area contributed by atoms with E-state index in [-0.39, 0.29) is 0 Å². The first kappa shape index (κ1) is 13.6. The third kappa shape index (κ3) is 3.03. The number of methoxy groups -OCH3 is 1. The zero-order valence-corrected chi connectivity index (χ0v) is 12.6. The smallest absolute Gasteiger partial charge is 0.204 e. The van der Waals surface area contributed by atoms with Gasteiger partial charge in [-0.1, -0.05) is 23.5 Å². The van der Waals surface area contributed by atoms with E-state index in [0.29, 0.717) is 0 Å². The summed E-state index contributed by atoms with van der Waals surface area (Å²) in [6.07, 6.45) is 0. The lowest BCUT2D eigenvalue weighted by molar-refractivity contribution is 0.415. The maximum Gasteiger partial charge on any atom is 0.204 e. The van der Waals surface area contributed by atoms with Crippen LogP contribution in [-0.4, -0.2) is 17.8 Å². The van der Waals surface area contributed by atoms with Crippen molar-refractivity contribution in [3.05, 3.63) is 54.1 Å². The molecule has 4 nitrogen and oxygen atoms in total. The Bertz CT molecular complexity index is 745. The summed E-state index contributed by atoms with van der Waals surface area (Å²) in [4.78, 5) is 4.49. The van der Waals surface area contributed by atoms with E-state index in [1.807, 2.05) is 49.4 Å². The van der Waals surface area contributed by atoms with E-state index < -0.39 is 0 Å². The first-order chi connectivity index (χ1) is 10.3. The second-order valence-corrected chi connectivity index (χ2v) is 5.55. The van der Waals surface area contributed by atoms with E-state index in [9.17, 15) is 0 Å². The molecule has 0 bridgehead atoms. The van der Waals surface area contributed by atoms with Crippen LogP contribution in [0.3, 0.4) is 0 Å². The van der Waals surface area contributed by atoms with Crippen LogP contribution in [0.25, 0.3) is 10.2 Å². The van der Waals surface area contributed by atoms with Crippen LogP contribution in [0.5, 0.6) is 5.75 Å². The second kappa shape index (κ2) is 5.93. The Morgan fingerprint density at radius 2 is 1.90 bits per heavy atom. The van der Waals surface area contributed by atoms with E-state index >= 15 is 0 Å². The van der Waals surface area contributed by atoms with Gasteiger partial charge in [-0.2, -0.15) is 5.10 Å². The molecular formula is C16H15N3OS. The fraction of sp³-hybridized carbons (Fsp3) is 0.125. The number of aromatic nitrogens is 1. The Morgan fingerprint density at radius 3 is 2.62 bits per heavy atom. The zero-order chi connectivity index (χ0) is 14.7. The van der Waals surface area contributed by atoms with Crippen molar-refractivity contribution in [3.8, 4) is 5.75 Å². The molecule has 21 heavy (non-hydrogen) atoms. The molecule has 0 aliphatic carbocycles. The number of anilines is 1. The van der Waals surface area contributed by atoms with Crippen LogP contribution in [0.1, 0.15) is 12.5 Å². The molecule has 5 heteroatoms. The van der Waals surface area contributed by atoms with Crippen molar-refractivity contribution in [1.82, 2.24) is 4.98 Å². The molecule has 0 aliphatic heterocycles. The molecular weight excluding hydrogens is 282 g/mol. The summed E-state index contributed by atoms with van der Waals surface area (Å²) in [5.74, 6) is 0.839. The standard InChI is InChI=1S/C16H15N3OS/c1-11(12-7-9-13(20-2)10-8-12)18-19-16-17-14-5-3-4-6-15(14)21-16/h3-10H,1-2H3,(H,17,19)/b18-11+. The van der Waals surface area contributed by atoms with E-state index in [1.165, 1.54) is 0 Å². The van der Waals surface area contributed by atoms with Crippen molar-refractivity contribution in [2.75, 3.05) is 12.5 Å². The van der Waals surface area contributed by atoms with Crippen LogP contribution in [0.15, 0.2) is 53.6 Å². The van der Waals surface area contributed by atoms with Gasteiger partial charge in [-0.05, 0) is 48.9 Å². The molecule has 3 aromatic rings. The quantitative estimate of drug-likeness (QED) is 0.581. The predicted molar refractivity (Wildman–Crippen MR) is 88.4 cm³/mol. The van der Waals surface area contributed by atoms with E-state index in [4.69, 9.17) is 4.74 Å². The molecule has 0 fully saturated rings. The Kier molecular flexibility index (Phi) is 3.83. The van der Waals surface area contributed by atoms with Crippen LogP contribution >= 0.6 is 11.3 Å². The molecule has 1 heterocycles. The highest BCUT2D eigenvalue weighted by atomic mass is 32.1. The largest absolute Gasteiger partial charge is 0.497 e. The minimum atomic E-state index is 0.795. The van der Waals surface area contributed by atoms with Crippen molar-refractivity contribution in [2.24, 2.45) is 5.10 Å². The highest BCUT2D eigenvalue weighted by molar-refractivity contribution is 7.22. The van der Waals surface area contributed by atoms with Gasteiger partial charge in [0, 0.05) is 0 Å². The monoisotopic (exact) mass is 297 g/mol. The van der Waals surface area contributed by atoms with Gasteiger partial charge in [-0.15, -0.1) is 0 Å². The average molecular weight is 297 g/mol. The van der Waals surface area contributed by atoms with Crippen molar-refractivity contribution in [1.29, 1.82) is 0 Å². The number of fused-ring (bicyclic) bond motifs is 1. The molecule has 0 amide bonds. The van der Waals surface area contributed by atoms with Crippen LogP contribution in [-0.2, 0) is 0 Å². The minimum absolute atomic E-state index is 0.795. The van der Waals surface area contributed by atoms with Gasteiger partial charge < -0.3 is 4.74 Å². The fourth-order valence-electron chi connectivity index (χ4n) is 1.95. The molecule has 0 spiro atoms. The van der Waals surface area contributed by atoms with E-state index in [1.54, 1.807) is 18.4 Å². The van der Waals surface area contributed by atoms with E-state index in [2.05, 4.69) is 21.6 Å². The van der Waals surface area contributed by atoms with Gasteiger partial charge in [0.05, 0.1) is 23.0 Å². The number of nitrogens with zero attached hydrogens (tertiary/aromatic N) is 2. The molecule has 0 saturated heterocycles. The molecule has 0 radical (unpaired) electrons. The highest BCUT2D eigenvalue weighted by Gasteiger charge is 2.02. The molecule has 2 aromatic carbocycles. The average Bonchev–Trinajstić information content (AvgIpc) is 2.95. The number of ether oxygens (including phenoxy) is 1. The molecule has 0 saturated carbocycles. The minimum Gasteiger partial charge on any atom is -0.497 e. The summed E-state index contributed by atoms with van der Waals surface area (Å²) in [7, 11) is 1.66. The summed E-state index contributed by atoms with van der Waals surface area (Å²) < 4.78 is 6.30. The normalized spacial score (nSPS) is 11.6. The molecule has 1 aromatic heterocycles. The van der Waals surface area contributed by atoms with Gasteiger partial charge in [0.1, 0.15) is 5.75 Å². The Balaban J connectivity index is 1.77. The van der Waals surface area contributed by atoms with Crippen molar-refractivity contribution in [2.45, 2.75) is 6.92 Å². The van der Waals surface area contributed by atoms with Gasteiger partial charge in [0.15, 0.2) is 0 Å². The lowest BCUT2D eigenvalue weighted by Gasteiger charge is -2.03. The van der Waals surface area contributed by atoms with Crippen LogP contribution in [0, 0.1) is 0 Å². The number of thiazole rings is 1. The van der Waals surface area contributed by atoms with E-state index in [0.717, 1.165) is 32.4 Å². The molecule has 3 rings (SSSR count). The molecule has 0 aliphatic rings. The Labute approximate surface area is 127 Å². The molecule has 106 valence electrons. The lowest BCUT2D eigenvalue weighted by atomic mass is 10.1. The Morgan fingerprint density at radius 1 is 1.14 bits per heavy atom. The number of para-hydroxylation sites is 1. The second-order valence-electron chi connectivity index (χ2n) is 4.52. The maximum atomic E-state index is 5.15. The van der Waals surface area contributed by atoms with Crippen molar-refractivity contribution < 1.29 is 4.74 Å². The topological polar surface area (TPSA) is 46.5 Å². The van der Waals surface area contributed by atoms with Crippen LogP contribution in [0.4, 0.5) is 5.13 Å². The first-order valence-corrected chi connectivity index (χ1v) is 7.38. The third-order valence-electron chi connectivity index (χ3n) is 3.12. The van der Waals surface area contributed by atoms with Crippen molar-refractivity contribution in [3.63, 3.8) is 0 Å². The van der Waals surface area contributed by atoms with Crippen LogP contribution < -0.4 is 10.2 Å². The SMILES string of the molecule is COc1ccc(/C(C)=N/Nc2nc3ccccc3s2)cc1. The summed E-state index contributed by atoms with van der Waals surface area (Å²) in [6, 6.07) is 15.9. The summed E-state index contributed by atoms with van der Waals surface area (Å²) in [6.45, 7) is 1.96. The van der Waals surface area contributed by atoms with Crippen molar-refractivity contribution >= 4 is 32.4 Å². The zero-order valence-electron chi connectivity index (χ0n) is 11.8. The maximum absolute atomic E-state index is 5.15. The first-order valence-electron chi connectivity index (χ1n) is 6.56. The number of nitrogens with one attached hydrogen (secondary N) is 1. The highest BCUT2D eigenvalue weighted by Crippen LogP contribution is 2.25. The van der Waals surface area contributed by atoms with Gasteiger partial charge in [-0.3, -0.25) is 5.43 Å². The summed E-state index contributed by atoms with van der Waals surface area (Å²) in [5.41, 5.74) is 5.96. The molecule has 0 unspecified atom stereocenters. The van der Waals surface area contributed by atoms with Gasteiger partial charge in [-0.25, -0.2) is 4.98 Å². The van der Waals surface area contributed by atoms with Gasteiger partial charge >= 0.3 is 0 Å². The fourth-order valence-corrected chi connectivity index (χ4v) is 2.76. The van der Waals surface area contributed by atoms with Crippen LogP contribution in [0.2, 0.25) is 0 Å². The number of benzene rings is 2. The number of hydrogen-bond acceptors (Lipinski definition) is 5. The molecule has 0 atom stereocenters. The lowest BCUT2D eigenvalue weighted by Crippen LogP contribution is -1.99. The summed E-state index contributed by atoms with van der Waals surface area (Å²) in [5, 5.41) is 5.18. The van der Waals surface area contributed by atoms with Gasteiger partial charge in [0.25, 0.3) is 0 Å². The van der Waals surface area contributed by atoms with Gasteiger partial charge in [0.2, 0.25) is 5.13 Å². The number of rotatable bonds is 4. The number of hydrazone groups is 1. The number of hydrogen-bond donors (Lipinski definition) is 1. The Hall–Kier alpha value is -2.40. The predicted octanol–water partition coefficient (Wildman–Crippen LogP) is 4.14. The summed E-state index contributed by atoms with van der Waals surface area (Å²) >= 11 is 1.59.